The van der Waals surface area contributed by atoms with E-state index >= 15 is 0 Å². The summed E-state index contributed by atoms with van der Waals surface area (Å²) in [5.41, 5.74) is 12.2. The summed E-state index contributed by atoms with van der Waals surface area (Å²) in [5.74, 6) is -1.49. The summed E-state index contributed by atoms with van der Waals surface area (Å²) < 4.78 is 10.6. The van der Waals surface area contributed by atoms with Gasteiger partial charge in [0.2, 0.25) is 0 Å². The van der Waals surface area contributed by atoms with Crippen molar-refractivity contribution >= 4 is 29.5 Å². The number of likely N-dealkylation sites (tertiary alicyclic amines) is 1. The first kappa shape index (κ1) is 23.8. The lowest BCUT2D eigenvalue weighted by atomic mass is 10.0. The zero-order valence-electron chi connectivity index (χ0n) is 18.5. The van der Waals surface area contributed by atoms with E-state index in [4.69, 9.17) is 20.9 Å². The second kappa shape index (κ2) is 11.1. The van der Waals surface area contributed by atoms with Gasteiger partial charge < -0.3 is 25.8 Å². The molecule has 1 atom stereocenters. The molecule has 2 aromatic rings. The molecule has 0 radical (unpaired) electrons. The minimum Gasteiger partial charge on any atom is -0.455 e. The van der Waals surface area contributed by atoms with Crippen molar-refractivity contribution in [3.8, 4) is 5.75 Å². The van der Waals surface area contributed by atoms with Crippen molar-refractivity contribution in [1.29, 1.82) is 0 Å². The number of benzene rings is 2. The van der Waals surface area contributed by atoms with Gasteiger partial charge >= 0.3 is 11.9 Å². The number of nitrogens with two attached hydrogens (primary N) is 2. The molecule has 1 aliphatic heterocycles. The molecule has 4 N–H and O–H groups in total. The number of esters is 2. The molecule has 0 saturated carbocycles. The van der Waals surface area contributed by atoms with Crippen LogP contribution in [0.15, 0.2) is 53.5 Å². The number of guanidine groups is 1. The SMILES string of the molecule is C[C@H](C(=O)OCC(=O)N1CCCCC1)c1ccc(OC(=O)c2ccc(N=C(N)N)cc2)cc1. The number of hydrogen-bond acceptors (Lipinski definition) is 6. The van der Waals surface area contributed by atoms with E-state index in [9.17, 15) is 14.4 Å². The van der Waals surface area contributed by atoms with Crippen LogP contribution in [0, 0.1) is 0 Å². The average molecular weight is 453 g/mol. The van der Waals surface area contributed by atoms with E-state index < -0.39 is 17.9 Å². The van der Waals surface area contributed by atoms with Crippen molar-refractivity contribution in [3.05, 3.63) is 59.7 Å². The first-order valence-electron chi connectivity index (χ1n) is 10.8. The number of amides is 1. The summed E-state index contributed by atoms with van der Waals surface area (Å²) in [6.07, 6.45) is 3.09. The van der Waals surface area contributed by atoms with E-state index in [0.29, 0.717) is 35.7 Å². The molecule has 0 spiro atoms. The van der Waals surface area contributed by atoms with Gasteiger partial charge in [-0.2, -0.15) is 0 Å². The zero-order chi connectivity index (χ0) is 23.8. The molecule has 9 heteroatoms. The van der Waals surface area contributed by atoms with Gasteiger partial charge in [-0.05, 0) is 68.1 Å². The maximum absolute atomic E-state index is 12.4. The quantitative estimate of drug-likeness (QED) is 0.285. The van der Waals surface area contributed by atoms with Crippen LogP contribution in [-0.4, -0.2) is 48.4 Å². The van der Waals surface area contributed by atoms with Crippen molar-refractivity contribution < 1.29 is 23.9 Å². The number of piperidine rings is 1. The Morgan fingerprint density at radius 1 is 0.970 bits per heavy atom. The fraction of sp³-hybridized carbons (Fsp3) is 0.333. The zero-order valence-corrected chi connectivity index (χ0v) is 18.5. The van der Waals surface area contributed by atoms with Crippen LogP contribution in [0.5, 0.6) is 5.75 Å². The number of carbonyl (C=O) groups is 3. The fourth-order valence-corrected chi connectivity index (χ4v) is 3.44. The van der Waals surface area contributed by atoms with Crippen LogP contribution in [-0.2, 0) is 14.3 Å². The molecule has 0 unspecified atom stereocenters. The minimum absolute atomic E-state index is 0.0721. The van der Waals surface area contributed by atoms with Gasteiger partial charge in [0, 0.05) is 13.1 Å². The Kier molecular flexibility index (Phi) is 8.01. The predicted molar refractivity (Wildman–Crippen MR) is 123 cm³/mol. The normalized spacial score (nSPS) is 14.2. The summed E-state index contributed by atoms with van der Waals surface area (Å²) in [4.78, 5) is 42.5. The van der Waals surface area contributed by atoms with E-state index in [-0.39, 0.29) is 18.5 Å². The molecule has 33 heavy (non-hydrogen) atoms. The van der Waals surface area contributed by atoms with Crippen LogP contribution in [0.1, 0.15) is 48.0 Å². The van der Waals surface area contributed by atoms with Crippen molar-refractivity contribution in [1.82, 2.24) is 4.90 Å². The standard InChI is InChI=1S/C24H28N4O5/c1-16(22(30)32-15-21(29)28-13-3-2-4-14-28)17-7-11-20(12-8-17)33-23(31)18-5-9-19(10-6-18)27-24(25)26/h5-12,16H,2-4,13-15H2,1H3,(H4,25,26,27)/t16-/m0/s1. The molecule has 0 aliphatic carbocycles. The number of ether oxygens (including phenoxy) is 2. The molecular weight excluding hydrogens is 424 g/mol. The van der Waals surface area contributed by atoms with E-state index in [1.54, 1.807) is 60.4 Å². The summed E-state index contributed by atoms with van der Waals surface area (Å²) in [6, 6.07) is 12.9. The second-order valence-electron chi connectivity index (χ2n) is 7.81. The molecule has 174 valence electrons. The number of nitrogens with zero attached hydrogens (tertiary/aromatic N) is 2. The molecule has 0 aromatic heterocycles. The maximum Gasteiger partial charge on any atom is 0.343 e. The molecule has 1 fully saturated rings. The fourth-order valence-electron chi connectivity index (χ4n) is 3.44. The molecule has 9 nitrogen and oxygen atoms in total. The molecule has 1 heterocycles. The average Bonchev–Trinajstić information content (AvgIpc) is 2.83. The smallest absolute Gasteiger partial charge is 0.343 e. The van der Waals surface area contributed by atoms with Crippen LogP contribution in [0.4, 0.5) is 5.69 Å². The summed E-state index contributed by atoms with van der Waals surface area (Å²) in [7, 11) is 0. The summed E-state index contributed by atoms with van der Waals surface area (Å²) in [5, 5.41) is 0. The Bertz CT molecular complexity index is 1010. The first-order chi connectivity index (χ1) is 15.8. The minimum atomic E-state index is -0.563. The number of hydrogen-bond donors (Lipinski definition) is 2. The molecule has 0 bridgehead atoms. The van der Waals surface area contributed by atoms with Crippen molar-refractivity contribution in [2.45, 2.75) is 32.1 Å². The third-order valence-electron chi connectivity index (χ3n) is 5.35. The van der Waals surface area contributed by atoms with Gasteiger partial charge in [-0.3, -0.25) is 9.59 Å². The highest BCUT2D eigenvalue weighted by Crippen LogP contribution is 2.22. The third kappa shape index (κ3) is 6.80. The number of rotatable bonds is 7. The lowest BCUT2D eigenvalue weighted by Gasteiger charge is -2.26. The summed E-state index contributed by atoms with van der Waals surface area (Å²) in [6.45, 7) is 2.88. The topological polar surface area (TPSA) is 137 Å². The largest absolute Gasteiger partial charge is 0.455 e. The molecular formula is C24H28N4O5. The van der Waals surface area contributed by atoms with Gasteiger partial charge in [0.25, 0.3) is 5.91 Å². The Hall–Kier alpha value is -3.88. The van der Waals surface area contributed by atoms with Gasteiger partial charge in [0.1, 0.15) is 5.75 Å². The van der Waals surface area contributed by atoms with Crippen LogP contribution < -0.4 is 16.2 Å². The van der Waals surface area contributed by atoms with Gasteiger partial charge in [-0.15, -0.1) is 0 Å². The van der Waals surface area contributed by atoms with Crippen LogP contribution in [0.2, 0.25) is 0 Å². The number of carbonyl (C=O) groups excluding carboxylic acids is 3. The van der Waals surface area contributed by atoms with E-state index in [0.717, 1.165) is 19.3 Å². The number of aliphatic imine (C=N–C) groups is 1. The molecule has 3 rings (SSSR count). The van der Waals surface area contributed by atoms with E-state index in [1.807, 2.05) is 0 Å². The van der Waals surface area contributed by atoms with Crippen molar-refractivity contribution in [2.24, 2.45) is 16.5 Å². The maximum atomic E-state index is 12.4. The van der Waals surface area contributed by atoms with Crippen LogP contribution in [0.25, 0.3) is 0 Å². The Morgan fingerprint density at radius 2 is 1.61 bits per heavy atom. The van der Waals surface area contributed by atoms with Gasteiger partial charge in [-0.25, -0.2) is 9.79 Å². The predicted octanol–water partition coefficient (Wildman–Crippen LogP) is 2.47. The van der Waals surface area contributed by atoms with Gasteiger partial charge in [0.15, 0.2) is 12.6 Å². The highest BCUT2D eigenvalue weighted by atomic mass is 16.5. The lowest BCUT2D eigenvalue weighted by molar-refractivity contribution is -0.153. The van der Waals surface area contributed by atoms with Crippen LogP contribution in [0.3, 0.4) is 0 Å². The highest BCUT2D eigenvalue weighted by molar-refractivity contribution is 5.91. The van der Waals surface area contributed by atoms with Crippen molar-refractivity contribution in [3.63, 3.8) is 0 Å². The Balaban J connectivity index is 1.52. The van der Waals surface area contributed by atoms with Crippen LogP contribution >= 0.6 is 0 Å². The van der Waals surface area contributed by atoms with Gasteiger partial charge in [-0.1, -0.05) is 12.1 Å². The molecule has 2 aromatic carbocycles. The van der Waals surface area contributed by atoms with Gasteiger partial charge in [0.05, 0.1) is 17.2 Å². The summed E-state index contributed by atoms with van der Waals surface area (Å²) >= 11 is 0. The Morgan fingerprint density at radius 3 is 2.21 bits per heavy atom. The molecule has 1 amide bonds. The molecule has 1 saturated heterocycles. The van der Waals surface area contributed by atoms with E-state index in [1.165, 1.54) is 0 Å². The monoisotopic (exact) mass is 452 g/mol. The highest BCUT2D eigenvalue weighted by Gasteiger charge is 2.21. The first-order valence-corrected chi connectivity index (χ1v) is 10.8. The molecule has 1 aliphatic rings. The van der Waals surface area contributed by atoms with E-state index in [2.05, 4.69) is 4.99 Å². The Labute approximate surface area is 192 Å². The second-order valence-corrected chi connectivity index (χ2v) is 7.81. The third-order valence-corrected chi connectivity index (χ3v) is 5.35. The van der Waals surface area contributed by atoms with Crippen molar-refractivity contribution in [2.75, 3.05) is 19.7 Å². The lowest BCUT2D eigenvalue weighted by Crippen LogP contribution is -2.38.